The Labute approximate surface area is 167 Å². The average molecular weight is 414 g/mol. The van der Waals surface area contributed by atoms with Crippen LogP contribution in [-0.4, -0.2) is 84.5 Å². The minimum atomic E-state index is -1.50. The largest absolute Gasteiger partial charge is 0.493 e. The van der Waals surface area contributed by atoms with E-state index in [4.69, 9.17) is 23.7 Å². The van der Waals surface area contributed by atoms with Gasteiger partial charge in [0.15, 0.2) is 17.8 Å². The molecule has 1 aliphatic heterocycles. The molecule has 1 heterocycles. The highest BCUT2D eigenvalue weighted by molar-refractivity contribution is 5.73. The summed E-state index contributed by atoms with van der Waals surface area (Å²) in [5.41, 5.74) is 0.659. The summed E-state index contributed by atoms with van der Waals surface area (Å²) in [6.45, 7) is 0.733. The molecule has 1 saturated heterocycles. The van der Waals surface area contributed by atoms with Crippen LogP contribution < -0.4 is 14.2 Å². The minimum Gasteiger partial charge on any atom is -0.493 e. The topological polar surface area (TPSA) is 144 Å². The Morgan fingerprint density at radius 3 is 2.24 bits per heavy atom. The lowest BCUT2D eigenvalue weighted by atomic mass is 9.99. The van der Waals surface area contributed by atoms with Gasteiger partial charge in [0, 0.05) is 6.92 Å². The van der Waals surface area contributed by atoms with Crippen molar-refractivity contribution in [1.82, 2.24) is 0 Å². The Bertz CT molecular complexity index is 692. The summed E-state index contributed by atoms with van der Waals surface area (Å²) >= 11 is 0. The second-order valence-corrected chi connectivity index (χ2v) is 6.28. The first-order valence-electron chi connectivity index (χ1n) is 8.85. The molecule has 10 heteroatoms. The molecular formula is C19H26O10. The van der Waals surface area contributed by atoms with Crippen LogP contribution in [0.1, 0.15) is 12.5 Å². The molecule has 29 heavy (non-hydrogen) atoms. The summed E-state index contributed by atoms with van der Waals surface area (Å²) in [5, 5.41) is 38.6. The molecule has 0 amide bonds. The zero-order chi connectivity index (χ0) is 21.6. The van der Waals surface area contributed by atoms with E-state index in [2.05, 4.69) is 0 Å². The number of benzene rings is 1. The predicted molar refractivity (Wildman–Crippen MR) is 99.6 cm³/mol. The van der Waals surface area contributed by atoms with Crippen molar-refractivity contribution in [3.63, 3.8) is 0 Å². The number of methoxy groups -OCH3 is 2. The van der Waals surface area contributed by atoms with Crippen molar-refractivity contribution in [2.75, 3.05) is 27.4 Å². The third-order valence-corrected chi connectivity index (χ3v) is 4.24. The number of aliphatic hydroxyl groups is 4. The van der Waals surface area contributed by atoms with Crippen molar-refractivity contribution in [2.24, 2.45) is 0 Å². The number of hydrogen-bond donors (Lipinski definition) is 4. The first-order chi connectivity index (χ1) is 13.8. The third kappa shape index (κ3) is 5.66. The summed E-state index contributed by atoms with van der Waals surface area (Å²) in [6, 6.07) is 3.26. The molecule has 2 rings (SSSR count). The molecule has 0 aromatic heterocycles. The van der Waals surface area contributed by atoms with Crippen LogP contribution in [0.3, 0.4) is 0 Å². The first kappa shape index (κ1) is 23.1. The van der Waals surface area contributed by atoms with E-state index in [-0.39, 0.29) is 12.4 Å². The maximum atomic E-state index is 11.3. The summed E-state index contributed by atoms with van der Waals surface area (Å²) in [7, 11) is 2.86. The fraction of sp³-hybridized carbons (Fsp3) is 0.526. The van der Waals surface area contributed by atoms with E-state index in [0.29, 0.717) is 17.1 Å². The van der Waals surface area contributed by atoms with Crippen molar-refractivity contribution in [3.8, 4) is 17.2 Å². The molecule has 0 aliphatic carbocycles. The molecule has 0 radical (unpaired) electrons. The Morgan fingerprint density at radius 1 is 1.10 bits per heavy atom. The average Bonchev–Trinajstić information content (AvgIpc) is 2.71. The van der Waals surface area contributed by atoms with Crippen LogP contribution >= 0.6 is 0 Å². The normalized spacial score (nSPS) is 27.1. The smallest absolute Gasteiger partial charge is 0.308 e. The summed E-state index contributed by atoms with van der Waals surface area (Å²) in [6.07, 6.45) is -3.38. The molecule has 4 N–H and O–H groups in total. The fourth-order valence-electron chi connectivity index (χ4n) is 2.78. The summed E-state index contributed by atoms with van der Waals surface area (Å²) < 4.78 is 26.2. The number of hydrogen-bond acceptors (Lipinski definition) is 10. The number of carbonyl (C=O) groups is 1. The van der Waals surface area contributed by atoms with Gasteiger partial charge in [-0.15, -0.1) is 0 Å². The van der Waals surface area contributed by atoms with Gasteiger partial charge in [0.1, 0.15) is 24.4 Å². The molecule has 0 unspecified atom stereocenters. The van der Waals surface area contributed by atoms with E-state index in [1.165, 1.54) is 21.1 Å². The highest BCUT2D eigenvalue weighted by atomic mass is 16.7. The third-order valence-electron chi connectivity index (χ3n) is 4.24. The summed E-state index contributed by atoms with van der Waals surface area (Å²) in [4.78, 5) is 11.3. The van der Waals surface area contributed by atoms with Gasteiger partial charge in [-0.1, -0.05) is 12.2 Å². The molecule has 10 nitrogen and oxygen atoms in total. The molecule has 5 atom stereocenters. The van der Waals surface area contributed by atoms with E-state index >= 15 is 0 Å². The Balaban J connectivity index is 2.05. The molecule has 1 aliphatic rings. The van der Waals surface area contributed by atoms with Crippen molar-refractivity contribution in [1.29, 1.82) is 0 Å². The highest BCUT2D eigenvalue weighted by Crippen LogP contribution is 2.39. The van der Waals surface area contributed by atoms with Crippen molar-refractivity contribution in [2.45, 2.75) is 37.6 Å². The molecule has 162 valence electrons. The lowest BCUT2D eigenvalue weighted by Crippen LogP contribution is -2.59. The molecule has 0 saturated carbocycles. The fourth-order valence-corrected chi connectivity index (χ4v) is 2.78. The monoisotopic (exact) mass is 414 g/mol. The Morgan fingerprint density at radius 2 is 1.72 bits per heavy atom. The van der Waals surface area contributed by atoms with Crippen LogP contribution in [0.25, 0.3) is 6.08 Å². The summed E-state index contributed by atoms with van der Waals surface area (Å²) in [5.74, 6) is 0.248. The maximum absolute atomic E-state index is 11.3. The molecule has 0 spiro atoms. The first-order valence-corrected chi connectivity index (χ1v) is 8.85. The predicted octanol–water partition coefficient (Wildman–Crippen LogP) is -0.541. The SMILES string of the molecule is COc1cc(C=CCO[C@@H]2O[C@H](CO)[C@@H](O)[C@H](O)[C@H]2O)cc(OC)c1OC(C)=O. The van der Waals surface area contributed by atoms with E-state index in [9.17, 15) is 25.2 Å². The van der Waals surface area contributed by atoms with Gasteiger partial charge in [-0.25, -0.2) is 0 Å². The Hall–Kier alpha value is -2.21. The minimum absolute atomic E-state index is 0.000973. The van der Waals surface area contributed by atoms with Gasteiger partial charge in [-0.3, -0.25) is 4.79 Å². The van der Waals surface area contributed by atoms with Gasteiger partial charge in [0.2, 0.25) is 5.75 Å². The van der Waals surface area contributed by atoms with E-state index in [0.717, 1.165) is 0 Å². The van der Waals surface area contributed by atoms with Crippen molar-refractivity contribution >= 4 is 12.0 Å². The van der Waals surface area contributed by atoms with Gasteiger partial charge in [0.05, 0.1) is 27.4 Å². The zero-order valence-electron chi connectivity index (χ0n) is 16.3. The van der Waals surface area contributed by atoms with Gasteiger partial charge in [-0.05, 0) is 17.7 Å². The number of rotatable bonds is 8. The molecule has 1 aromatic rings. The number of ether oxygens (including phenoxy) is 5. The van der Waals surface area contributed by atoms with Crippen molar-refractivity contribution in [3.05, 3.63) is 23.8 Å². The standard InChI is InChI=1S/C19H26O10/c1-10(21)28-18-12(25-2)7-11(8-13(18)26-3)5-4-6-27-19-17(24)16(23)15(22)14(9-20)29-19/h4-5,7-8,14-17,19-20,22-24H,6,9H2,1-3H3/t14-,15-,16+,17-,19-/m1/s1. The van der Waals surface area contributed by atoms with Gasteiger partial charge < -0.3 is 44.1 Å². The quantitative estimate of drug-likeness (QED) is 0.323. The molecule has 1 fully saturated rings. The molecular weight excluding hydrogens is 388 g/mol. The van der Waals surface area contributed by atoms with E-state index < -0.39 is 43.3 Å². The second kappa shape index (κ2) is 10.5. The van der Waals surface area contributed by atoms with Crippen LogP contribution in [-0.2, 0) is 14.3 Å². The van der Waals surface area contributed by atoms with Gasteiger partial charge in [-0.2, -0.15) is 0 Å². The number of aliphatic hydroxyl groups excluding tert-OH is 4. The highest BCUT2D eigenvalue weighted by Gasteiger charge is 2.43. The second-order valence-electron chi connectivity index (χ2n) is 6.28. The van der Waals surface area contributed by atoms with Crippen molar-refractivity contribution < 1.29 is 48.9 Å². The maximum Gasteiger partial charge on any atom is 0.308 e. The molecule has 0 bridgehead atoms. The van der Waals surface area contributed by atoms with Crippen LogP contribution in [0.2, 0.25) is 0 Å². The lowest BCUT2D eigenvalue weighted by Gasteiger charge is -2.39. The zero-order valence-corrected chi connectivity index (χ0v) is 16.3. The van der Waals surface area contributed by atoms with Crippen LogP contribution in [0.4, 0.5) is 0 Å². The Kier molecular flexibility index (Phi) is 8.38. The number of carbonyl (C=O) groups excluding carboxylic acids is 1. The molecule has 1 aromatic carbocycles. The van der Waals surface area contributed by atoms with Crippen LogP contribution in [0.15, 0.2) is 18.2 Å². The number of esters is 1. The van der Waals surface area contributed by atoms with Crippen LogP contribution in [0, 0.1) is 0 Å². The van der Waals surface area contributed by atoms with Crippen LogP contribution in [0.5, 0.6) is 17.2 Å². The van der Waals surface area contributed by atoms with E-state index in [1.807, 2.05) is 0 Å². The van der Waals surface area contributed by atoms with Gasteiger partial charge >= 0.3 is 5.97 Å². The van der Waals surface area contributed by atoms with Gasteiger partial charge in [0.25, 0.3) is 0 Å². The lowest BCUT2D eigenvalue weighted by molar-refractivity contribution is -0.298. The van der Waals surface area contributed by atoms with E-state index in [1.54, 1.807) is 24.3 Å².